The van der Waals surface area contributed by atoms with Crippen molar-refractivity contribution in [1.29, 1.82) is 0 Å². The minimum atomic E-state index is -1.00. The van der Waals surface area contributed by atoms with Crippen molar-refractivity contribution in [2.45, 2.75) is 50.6 Å². The summed E-state index contributed by atoms with van der Waals surface area (Å²) in [4.78, 5) is 20.6. The van der Waals surface area contributed by atoms with Crippen molar-refractivity contribution in [2.75, 3.05) is 0 Å². The van der Waals surface area contributed by atoms with Gasteiger partial charge in [0.25, 0.3) is 0 Å². The average Bonchev–Trinajstić information content (AvgIpc) is 2.16. The van der Waals surface area contributed by atoms with Gasteiger partial charge < -0.3 is 21.7 Å². The van der Waals surface area contributed by atoms with Gasteiger partial charge in [0.15, 0.2) is 0 Å². The van der Waals surface area contributed by atoms with Gasteiger partial charge in [-0.25, -0.2) is 0 Å². The largest absolute Gasteiger partial charge is 0.481 e. The van der Waals surface area contributed by atoms with Crippen LogP contribution < -0.4 is 11.5 Å². The predicted octanol–water partition coefficient (Wildman–Crippen LogP) is 0.151. The first kappa shape index (κ1) is 14.9. The maximum atomic E-state index is 10.4. The van der Waals surface area contributed by atoms with Gasteiger partial charge in [0.2, 0.25) is 0 Å². The highest BCUT2D eigenvalue weighted by atomic mass is 16.4. The highest BCUT2D eigenvalue weighted by molar-refractivity contribution is 5.72. The number of carboxylic acid groups (broad SMARTS) is 2. The van der Waals surface area contributed by atoms with Gasteiger partial charge in [-0.15, -0.1) is 0 Å². The minimum absolute atomic E-state index is 0.0691. The first-order valence-corrected chi connectivity index (χ1v) is 5.39. The highest BCUT2D eigenvalue weighted by Gasteiger charge is 2.11. The van der Waals surface area contributed by atoms with E-state index in [0.29, 0.717) is 32.1 Å². The number of carbonyl (C=O) groups is 2. The molecule has 2 atom stereocenters. The van der Waals surface area contributed by atoms with E-state index in [0.717, 1.165) is 0 Å². The van der Waals surface area contributed by atoms with Gasteiger partial charge in [-0.3, -0.25) is 9.59 Å². The summed E-state index contributed by atoms with van der Waals surface area (Å²) in [5, 5.41) is 16.9. The van der Waals surface area contributed by atoms with Crippen molar-refractivity contribution in [3.05, 3.63) is 0 Å². The summed E-state index contributed by atoms with van der Waals surface area (Å²) in [5.41, 5.74) is 11.1. The fraction of sp³-hybridized carbons (Fsp3) is 0.800. The van der Waals surface area contributed by atoms with Crippen LogP contribution in [0.1, 0.15) is 38.5 Å². The molecular weight excluding hydrogens is 212 g/mol. The number of hydrogen-bond donors (Lipinski definition) is 4. The van der Waals surface area contributed by atoms with E-state index in [-0.39, 0.29) is 12.5 Å². The van der Waals surface area contributed by atoms with Gasteiger partial charge in [0, 0.05) is 12.5 Å². The Hall–Kier alpha value is -1.14. The Morgan fingerprint density at radius 2 is 1.56 bits per heavy atom. The normalized spacial score (nSPS) is 14.4. The summed E-state index contributed by atoms with van der Waals surface area (Å²) in [6.07, 6.45) is 3.07. The molecule has 16 heavy (non-hydrogen) atoms. The lowest BCUT2D eigenvalue weighted by atomic mass is 10.0. The third-order valence-electron chi connectivity index (χ3n) is 2.37. The van der Waals surface area contributed by atoms with Crippen LogP contribution in [0.15, 0.2) is 0 Å². The molecule has 6 N–H and O–H groups in total. The Morgan fingerprint density at radius 3 is 2.06 bits per heavy atom. The zero-order valence-corrected chi connectivity index (χ0v) is 9.26. The maximum Gasteiger partial charge on any atom is 0.320 e. The summed E-state index contributed by atoms with van der Waals surface area (Å²) < 4.78 is 0. The molecule has 0 aliphatic rings. The molecule has 0 heterocycles. The van der Waals surface area contributed by atoms with Crippen LogP contribution in [0.25, 0.3) is 0 Å². The molecule has 0 aromatic heterocycles. The van der Waals surface area contributed by atoms with Crippen LogP contribution in [0.4, 0.5) is 0 Å². The molecule has 0 spiro atoms. The SMILES string of the molecule is NC(CCCC(=O)O)CCCC(N)C(=O)O. The van der Waals surface area contributed by atoms with Crippen LogP contribution in [-0.4, -0.2) is 34.2 Å². The summed E-state index contributed by atoms with van der Waals surface area (Å²) in [7, 11) is 0. The van der Waals surface area contributed by atoms with Crippen molar-refractivity contribution in [2.24, 2.45) is 11.5 Å². The van der Waals surface area contributed by atoms with Crippen molar-refractivity contribution >= 4 is 11.9 Å². The maximum absolute atomic E-state index is 10.4. The molecule has 0 aromatic carbocycles. The molecule has 94 valence electrons. The minimum Gasteiger partial charge on any atom is -0.481 e. The van der Waals surface area contributed by atoms with Crippen LogP contribution >= 0.6 is 0 Å². The number of nitrogens with two attached hydrogens (primary N) is 2. The zero-order chi connectivity index (χ0) is 12.6. The van der Waals surface area contributed by atoms with E-state index in [1.54, 1.807) is 0 Å². The Balaban J connectivity index is 3.47. The van der Waals surface area contributed by atoms with Crippen LogP contribution in [0, 0.1) is 0 Å². The third-order valence-corrected chi connectivity index (χ3v) is 2.37. The standard InChI is InChI=1S/C10H20N2O4/c11-7(4-2-6-9(13)14)3-1-5-8(12)10(15)16/h7-8H,1-6,11-12H2,(H,13,14)(H,15,16). The van der Waals surface area contributed by atoms with Gasteiger partial charge in [-0.05, 0) is 32.1 Å². The third kappa shape index (κ3) is 8.19. The molecule has 6 heteroatoms. The van der Waals surface area contributed by atoms with Crippen molar-refractivity contribution in [1.82, 2.24) is 0 Å². The molecule has 0 fully saturated rings. The van der Waals surface area contributed by atoms with Crippen LogP contribution in [-0.2, 0) is 9.59 Å². The fourth-order valence-electron chi connectivity index (χ4n) is 1.38. The van der Waals surface area contributed by atoms with Crippen molar-refractivity contribution in [3.63, 3.8) is 0 Å². The number of hydrogen-bond acceptors (Lipinski definition) is 4. The molecule has 0 rings (SSSR count). The Kier molecular flexibility index (Phi) is 7.49. The average molecular weight is 232 g/mol. The lowest BCUT2D eigenvalue weighted by Gasteiger charge is -2.11. The molecule has 0 saturated heterocycles. The summed E-state index contributed by atoms with van der Waals surface area (Å²) >= 11 is 0. The van der Waals surface area contributed by atoms with Crippen molar-refractivity contribution in [3.8, 4) is 0 Å². The molecule has 0 aliphatic heterocycles. The molecule has 0 aromatic rings. The summed E-state index contributed by atoms with van der Waals surface area (Å²) in [6.45, 7) is 0. The van der Waals surface area contributed by atoms with Gasteiger partial charge >= 0.3 is 11.9 Å². The second-order valence-electron chi connectivity index (χ2n) is 3.92. The van der Waals surface area contributed by atoms with Crippen molar-refractivity contribution < 1.29 is 19.8 Å². The molecule has 0 saturated carbocycles. The van der Waals surface area contributed by atoms with Gasteiger partial charge in [0.05, 0.1) is 0 Å². The van der Waals surface area contributed by atoms with Crippen LogP contribution in [0.5, 0.6) is 0 Å². The van der Waals surface area contributed by atoms with Crippen LogP contribution in [0.2, 0.25) is 0 Å². The first-order chi connectivity index (χ1) is 7.43. The van der Waals surface area contributed by atoms with E-state index < -0.39 is 18.0 Å². The van der Waals surface area contributed by atoms with E-state index in [1.165, 1.54) is 0 Å². The summed E-state index contributed by atoms with van der Waals surface area (Å²) in [5.74, 6) is -1.82. The molecular formula is C10H20N2O4. The smallest absolute Gasteiger partial charge is 0.320 e. The molecule has 0 radical (unpaired) electrons. The highest BCUT2D eigenvalue weighted by Crippen LogP contribution is 2.07. The second kappa shape index (κ2) is 8.06. The first-order valence-electron chi connectivity index (χ1n) is 5.39. The Bertz CT molecular complexity index is 233. The number of carboxylic acids is 2. The van der Waals surface area contributed by atoms with E-state index in [1.807, 2.05) is 0 Å². The molecule has 0 aliphatic carbocycles. The molecule has 0 bridgehead atoms. The van der Waals surface area contributed by atoms with Gasteiger partial charge in [-0.1, -0.05) is 0 Å². The second-order valence-corrected chi connectivity index (χ2v) is 3.92. The number of aliphatic carboxylic acids is 2. The molecule has 6 nitrogen and oxygen atoms in total. The zero-order valence-electron chi connectivity index (χ0n) is 9.26. The van der Waals surface area contributed by atoms with Crippen LogP contribution in [0.3, 0.4) is 0 Å². The van der Waals surface area contributed by atoms with E-state index in [4.69, 9.17) is 21.7 Å². The Morgan fingerprint density at radius 1 is 1.00 bits per heavy atom. The number of rotatable bonds is 9. The fourth-order valence-corrected chi connectivity index (χ4v) is 1.38. The molecule has 2 unspecified atom stereocenters. The topological polar surface area (TPSA) is 127 Å². The lowest BCUT2D eigenvalue weighted by Crippen LogP contribution is -2.30. The van der Waals surface area contributed by atoms with E-state index in [9.17, 15) is 9.59 Å². The predicted molar refractivity (Wildman–Crippen MR) is 58.9 cm³/mol. The summed E-state index contributed by atoms with van der Waals surface area (Å²) in [6, 6.07) is -0.897. The van der Waals surface area contributed by atoms with E-state index in [2.05, 4.69) is 0 Å². The monoisotopic (exact) mass is 232 g/mol. The molecule has 0 amide bonds. The van der Waals surface area contributed by atoms with Gasteiger partial charge in [0.1, 0.15) is 6.04 Å². The lowest BCUT2D eigenvalue weighted by molar-refractivity contribution is -0.139. The Labute approximate surface area is 94.6 Å². The quantitative estimate of drug-likeness (QED) is 0.448. The van der Waals surface area contributed by atoms with E-state index >= 15 is 0 Å². The van der Waals surface area contributed by atoms with Gasteiger partial charge in [-0.2, -0.15) is 0 Å².